The van der Waals surface area contributed by atoms with Crippen LogP contribution in [-0.4, -0.2) is 49.5 Å². The Hall–Kier alpha value is -1.79. The van der Waals surface area contributed by atoms with Gasteiger partial charge in [0.15, 0.2) is 0 Å². The zero-order valence-corrected chi connectivity index (χ0v) is 17.3. The monoisotopic (exact) mass is 395 g/mol. The molecule has 2 N–H and O–H groups in total. The summed E-state index contributed by atoms with van der Waals surface area (Å²) in [6.07, 6.45) is 1.05. The van der Waals surface area contributed by atoms with E-state index in [1.807, 2.05) is 30.0 Å². The first-order chi connectivity index (χ1) is 12.2. The van der Waals surface area contributed by atoms with E-state index in [0.717, 1.165) is 17.7 Å². The van der Waals surface area contributed by atoms with Crippen LogP contribution >= 0.6 is 12.4 Å². The highest BCUT2D eigenvalue weighted by Gasteiger charge is 2.41. The average molecular weight is 396 g/mol. The summed E-state index contributed by atoms with van der Waals surface area (Å²) in [5, 5.41) is 0. The molecule has 0 saturated carbocycles. The lowest BCUT2D eigenvalue weighted by molar-refractivity contribution is -0.139. The summed E-state index contributed by atoms with van der Waals surface area (Å²) in [4.78, 5) is 29.2. The minimum atomic E-state index is -0.308. The van der Waals surface area contributed by atoms with Gasteiger partial charge in [-0.15, -0.1) is 12.4 Å². The zero-order chi connectivity index (χ0) is 19.1. The molecule has 6 nitrogen and oxygen atoms in total. The molecule has 7 heteroatoms. The quantitative estimate of drug-likeness (QED) is 0.852. The lowest BCUT2D eigenvalue weighted by Crippen LogP contribution is -2.55. The molecular weight excluding hydrogens is 366 g/mol. The van der Waals surface area contributed by atoms with E-state index in [1.165, 1.54) is 0 Å². The number of methoxy groups -OCH3 is 1. The van der Waals surface area contributed by atoms with Gasteiger partial charge >= 0.3 is 0 Å². The molecule has 150 valence electrons. The highest BCUT2D eigenvalue weighted by atomic mass is 35.5. The van der Waals surface area contributed by atoms with E-state index < -0.39 is 0 Å². The second-order valence-corrected chi connectivity index (χ2v) is 8.22. The van der Waals surface area contributed by atoms with Crippen LogP contribution in [0.4, 0.5) is 5.69 Å². The second kappa shape index (κ2) is 8.07. The van der Waals surface area contributed by atoms with E-state index in [1.54, 1.807) is 12.0 Å². The fraction of sp³-hybridized carbons (Fsp3) is 0.600. The van der Waals surface area contributed by atoms with Gasteiger partial charge in [0.2, 0.25) is 11.8 Å². The molecule has 0 aliphatic carbocycles. The van der Waals surface area contributed by atoms with Gasteiger partial charge in [0, 0.05) is 32.1 Å². The molecule has 2 heterocycles. The number of likely N-dealkylation sites (tertiary alicyclic amines) is 1. The van der Waals surface area contributed by atoms with Gasteiger partial charge in [-0.1, -0.05) is 19.9 Å². The van der Waals surface area contributed by atoms with Crippen molar-refractivity contribution in [3.8, 4) is 5.75 Å². The maximum absolute atomic E-state index is 13.0. The van der Waals surface area contributed by atoms with Crippen LogP contribution in [0.1, 0.15) is 32.3 Å². The summed E-state index contributed by atoms with van der Waals surface area (Å²) in [5.74, 6) is 0.382. The minimum absolute atomic E-state index is 0. The van der Waals surface area contributed by atoms with Crippen molar-refractivity contribution in [2.75, 3.05) is 31.6 Å². The number of carbonyl (C=O) groups is 2. The van der Waals surface area contributed by atoms with Crippen LogP contribution in [-0.2, 0) is 9.59 Å². The van der Waals surface area contributed by atoms with E-state index in [2.05, 4.69) is 13.8 Å². The van der Waals surface area contributed by atoms with Gasteiger partial charge in [-0.25, -0.2) is 0 Å². The Bertz CT molecular complexity index is 722. The molecule has 27 heavy (non-hydrogen) atoms. The Labute approximate surface area is 167 Å². The predicted molar refractivity (Wildman–Crippen MR) is 108 cm³/mol. The molecule has 3 rings (SSSR count). The fourth-order valence-corrected chi connectivity index (χ4v) is 3.94. The molecule has 2 fully saturated rings. The topological polar surface area (TPSA) is 75.9 Å². The van der Waals surface area contributed by atoms with Crippen LogP contribution in [0.2, 0.25) is 0 Å². The van der Waals surface area contributed by atoms with Gasteiger partial charge in [-0.3, -0.25) is 9.59 Å². The Kier molecular flexibility index (Phi) is 6.43. The number of hydrogen-bond acceptors (Lipinski definition) is 4. The van der Waals surface area contributed by atoms with Crippen molar-refractivity contribution in [2.45, 2.75) is 39.7 Å². The van der Waals surface area contributed by atoms with E-state index >= 15 is 0 Å². The number of amides is 2. The van der Waals surface area contributed by atoms with Crippen molar-refractivity contribution in [3.05, 3.63) is 23.8 Å². The second-order valence-electron chi connectivity index (χ2n) is 8.22. The van der Waals surface area contributed by atoms with E-state index in [0.29, 0.717) is 25.4 Å². The number of piperidine rings is 1. The number of halogens is 1. The van der Waals surface area contributed by atoms with Crippen molar-refractivity contribution in [1.82, 2.24) is 4.90 Å². The van der Waals surface area contributed by atoms with Gasteiger partial charge < -0.3 is 20.3 Å². The van der Waals surface area contributed by atoms with Crippen molar-refractivity contribution < 1.29 is 14.3 Å². The van der Waals surface area contributed by atoms with Crippen molar-refractivity contribution in [2.24, 2.45) is 17.1 Å². The number of nitrogens with zero attached hydrogens (tertiary/aromatic N) is 2. The first-order valence-electron chi connectivity index (χ1n) is 9.22. The van der Waals surface area contributed by atoms with Crippen LogP contribution in [0.15, 0.2) is 18.2 Å². The van der Waals surface area contributed by atoms with E-state index in [9.17, 15) is 9.59 Å². The third kappa shape index (κ3) is 4.22. The third-order valence-electron chi connectivity index (χ3n) is 5.72. The molecule has 1 aromatic rings. The number of hydrogen-bond donors (Lipinski definition) is 1. The van der Waals surface area contributed by atoms with Crippen LogP contribution in [0, 0.1) is 18.3 Å². The van der Waals surface area contributed by atoms with Gasteiger partial charge in [-0.2, -0.15) is 0 Å². The lowest BCUT2D eigenvalue weighted by atomic mass is 9.79. The van der Waals surface area contributed by atoms with Crippen LogP contribution in [0.5, 0.6) is 5.75 Å². The predicted octanol–water partition coefficient (Wildman–Crippen LogP) is 2.36. The first kappa shape index (κ1) is 21.5. The maximum atomic E-state index is 13.0. The van der Waals surface area contributed by atoms with Crippen molar-refractivity contribution in [3.63, 3.8) is 0 Å². The summed E-state index contributed by atoms with van der Waals surface area (Å²) < 4.78 is 5.41. The summed E-state index contributed by atoms with van der Waals surface area (Å²) in [5.41, 5.74) is 7.87. The van der Waals surface area contributed by atoms with Gasteiger partial charge in [0.1, 0.15) is 5.75 Å². The van der Waals surface area contributed by atoms with E-state index in [4.69, 9.17) is 10.5 Å². The Morgan fingerprint density at radius 1 is 1.33 bits per heavy atom. The summed E-state index contributed by atoms with van der Waals surface area (Å²) >= 11 is 0. The van der Waals surface area contributed by atoms with Crippen molar-refractivity contribution in [1.29, 1.82) is 0 Å². The number of anilines is 1. The third-order valence-corrected chi connectivity index (χ3v) is 5.72. The van der Waals surface area contributed by atoms with Crippen molar-refractivity contribution >= 4 is 29.9 Å². The molecule has 2 saturated heterocycles. The van der Waals surface area contributed by atoms with Crippen LogP contribution in [0.25, 0.3) is 0 Å². The molecular formula is C20H30ClN3O3. The largest absolute Gasteiger partial charge is 0.495 e. The average Bonchev–Trinajstić information content (AvgIpc) is 2.98. The Morgan fingerprint density at radius 3 is 2.67 bits per heavy atom. The van der Waals surface area contributed by atoms with Gasteiger partial charge in [0.25, 0.3) is 0 Å². The number of carbonyl (C=O) groups excluding carboxylic acids is 2. The minimum Gasteiger partial charge on any atom is -0.495 e. The molecule has 1 aromatic carbocycles. The van der Waals surface area contributed by atoms with Crippen LogP contribution in [0.3, 0.4) is 0 Å². The molecule has 0 radical (unpaired) electrons. The molecule has 2 unspecified atom stereocenters. The van der Waals surface area contributed by atoms with Gasteiger partial charge in [-0.05, 0) is 36.5 Å². The summed E-state index contributed by atoms with van der Waals surface area (Å²) in [6.45, 7) is 7.89. The summed E-state index contributed by atoms with van der Waals surface area (Å²) in [7, 11) is 1.59. The molecule has 0 bridgehead atoms. The number of aryl methyl sites for hydroxylation is 1. The normalized spacial score (nSPS) is 24.6. The lowest BCUT2D eigenvalue weighted by Gasteiger charge is -2.43. The first-order valence-corrected chi connectivity index (χ1v) is 9.22. The Morgan fingerprint density at radius 2 is 2.04 bits per heavy atom. The zero-order valence-electron chi connectivity index (χ0n) is 16.5. The highest BCUT2D eigenvalue weighted by molar-refractivity contribution is 6.01. The molecule has 0 spiro atoms. The maximum Gasteiger partial charge on any atom is 0.228 e. The molecule has 2 atom stereocenters. The fourth-order valence-electron chi connectivity index (χ4n) is 3.94. The van der Waals surface area contributed by atoms with Gasteiger partial charge in [0.05, 0.1) is 18.7 Å². The number of nitrogens with two attached hydrogens (primary N) is 1. The molecule has 2 aliphatic heterocycles. The van der Waals surface area contributed by atoms with E-state index in [-0.39, 0.29) is 48.0 Å². The Balaban J connectivity index is 0.00000261. The molecule has 2 aliphatic rings. The molecule has 2 amide bonds. The number of ether oxygens (including phenoxy) is 1. The molecule has 0 aromatic heterocycles. The SMILES string of the molecule is COc1ccc(C)cc1N1CC(C(=O)N2CCC(N)C(C)(C)C2)CC1=O.Cl. The van der Waals surface area contributed by atoms with Crippen LogP contribution < -0.4 is 15.4 Å². The summed E-state index contributed by atoms with van der Waals surface area (Å²) in [6, 6.07) is 5.85. The smallest absolute Gasteiger partial charge is 0.228 e. The standard InChI is InChI=1S/C20H29N3O3.ClH/c1-13-5-6-16(26-4)15(9-13)23-11-14(10-18(23)24)19(25)22-8-7-17(21)20(2,3)12-22;/h5-6,9,14,17H,7-8,10-12,21H2,1-4H3;1H. The number of benzene rings is 1. The highest BCUT2D eigenvalue weighted by Crippen LogP contribution is 2.35. The number of rotatable bonds is 3.